The highest BCUT2D eigenvalue weighted by Gasteiger charge is 2.34. The lowest BCUT2D eigenvalue weighted by Crippen LogP contribution is -2.27. The molecule has 1 fully saturated rings. The Kier molecular flexibility index (Phi) is 8.76. The van der Waals surface area contributed by atoms with E-state index in [2.05, 4.69) is 5.32 Å². The Balaban J connectivity index is 1.50. The van der Waals surface area contributed by atoms with Crippen LogP contribution in [0.4, 0.5) is 11.4 Å². The van der Waals surface area contributed by atoms with Crippen LogP contribution in [-0.2, 0) is 9.59 Å². The van der Waals surface area contributed by atoms with E-state index in [1.165, 1.54) is 16.7 Å². The quantitative estimate of drug-likeness (QED) is 0.229. The lowest BCUT2D eigenvalue weighted by atomic mass is 10.1. The van der Waals surface area contributed by atoms with E-state index >= 15 is 0 Å². The molecule has 0 saturated carbocycles. The van der Waals surface area contributed by atoms with Crippen LogP contribution >= 0.6 is 47.2 Å². The van der Waals surface area contributed by atoms with E-state index in [4.69, 9.17) is 44.9 Å². The summed E-state index contributed by atoms with van der Waals surface area (Å²) in [4.78, 5) is 27.4. The lowest BCUT2D eigenvalue weighted by Gasteiger charge is -2.16. The summed E-state index contributed by atoms with van der Waals surface area (Å²) < 4.78 is 11.8. The van der Waals surface area contributed by atoms with Crippen LogP contribution < -0.4 is 19.7 Å². The minimum Gasteiger partial charge on any atom is -0.490 e. The van der Waals surface area contributed by atoms with Crippen molar-refractivity contribution in [1.82, 2.24) is 0 Å². The van der Waals surface area contributed by atoms with Crippen molar-refractivity contribution in [2.75, 3.05) is 23.4 Å². The van der Waals surface area contributed by atoms with Gasteiger partial charge in [-0.25, -0.2) is 0 Å². The summed E-state index contributed by atoms with van der Waals surface area (Å²) in [6.07, 6.45) is 1.72. The Morgan fingerprint density at radius 3 is 2.59 bits per heavy atom. The van der Waals surface area contributed by atoms with E-state index in [1.807, 2.05) is 38.1 Å². The number of hydrogen-bond acceptors (Lipinski definition) is 6. The first kappa shape index (κ1) is 27.0. The number of carbonyl (C=O) groups is 2. The first-order valence-corrected chi connectivity index (χ1v) is 13.2. The minimum absolute atomic E-state index is 0.186. The predicted molar refractivity (Wildman–Crippen MR) is 155 cm³/mol. The Bertz CT molecular complexity index is 1410. The Hall–Kier alpha value is -3.04. The first-order chi connectivity index (χ1) is 17.8. The zero-order chi connectivity index (χ0) is 26.5. The average Bonchev–Trinajstić information content (AvgIpc) is 3.13. The van der Waals surface area contributed by atoms with Gasteiger partial charge in [0.05, 0.1) is 22.2 Å². The molecule has 1 aliphatic heterocycles. The molecule has 2 amide bonds. The molecule has 1 heterocycles. The van der Waals surface area contributed by atoms with E-state index in [1.54, 1.807) is 42.5 Å². The van der Waals surface area contributed by atoms with E-state index in [0.29, 0.717) is 48.6 Å². The summed E-state index contributed by atoms with van der Waals surface area (Å²) in [5.74, 6) is 0.298. The van der Waals surface area contributed by atoms with Gasteiger partial charge in [-0.2, -0.15) is 0 Å². The van der Waals surface area contributed by atoms with Crippen LogP contribution in [0.1, 0.15) is 18.1 Å². The number of benzene rings is 3. The third-order valence-electron chi connectivity index (χ3n) is 5.29. The largest absolute Gasteiger partial charge is 0.490 e. The molecule has 3 aromatic carbocycles. The summed E-state index contributed by atoms with van der Waals surface area (Å²) in [6.45, 7) is 3.98. The number of anilines is 2. The molecule has 1 saturated heterocycles. The highest BCUT2D eigenvalue weighted by molar-refractivity contribution is 8.27. The van der Waals surface area contributed by atoms with Gasteiger partial charge in [-0.05, 0) is 67.4 Å². The van der Waals surface area contributed by atoms with Crippen LogP contribution in [0.5, 0.6) is 11.5 Å². The van der Waals surface area contributed by atoms with Crippen LogP contribution in [0.3, 0.4) is 0 Å². The van der Waals surface area contributed by atoms with Crippen molar-refractivity contribution in [1.29, 1.82) is 0 Å². The SMILES string of the molecule is CCOc1cc(/C=C2/SC(=S)N(c3ccc(Cl)cc3Cl)C2=O)ccc1OCC(=O)Nc1ccccc1C. The van der Waals surface area contributed by atoms with Gasteiger partial charge in [0.2, 0.25) is 0 Å². The van der Waals surface area contributed by atoms with E-state index in [9.17, 15) is 9.59 Å². The number of nitrogens with one attached hydrogen (secondary N) is 1. The maximum absolute atomic E-state index is 13.1. The van der Waals surface area contributed by atoms with Crippen molar-refractivity contribution in [3.63, 3.8) is 0 Å². The lowest BCUT2D eigenvalue weighted by molar-refractivity contribution is -0.118. The number of thioether (sulfide) groups is 1. The molecule has 4 rings (SSSR count). The molecule has 190 valence electrons. The molecule has 0 unspecified atom stereocenters. The highest BCUT2D eigenvalue weighted by Crippen LogP contribution is 2.40. The molecule has 3 aromatic rings. The number of hydrogen-bond donors (Lipinski definition) is 1. The molecule has 1 aliphatic rings. The number of aryl methyl sites for hydroxylation is 1. The van der Waals surface area contributed by atoms with Crippen molar-refractivity contribution in [3.8, 4) is 11.5 Å². The number of thiocarbonyl (C=S) groups is 1. The number of carbonyl (C=O) groups excluding carboxylic acids is 2. The van der Waals surface area contributed by atoms with Gasteiger partial charge in [0, 0.05) is 10.7 Å². The summed E-state index contributed by atoms with van der Waals surface area (Å²) in [6, 6.07) is 17.6. The van der Waals surface area contributed by atoms with Gasteiger partial charge < -0.3 is 14.8 Å². The number of rotatable bonds is 8. The van der Waals surface area contributed by atoms with Gasteiger partial charge in [0.15, 0.2) is 22.4 Å². The van der Waals surface area contributed by atoms with Gasteiger partial charge in [0.25, 0.3) is 11.8 Å². The van der Waals surface area contributed by atoms with Crippen LogP contribution in [0, 0.1) is 6.92 Å². The monoisotopic (exact) mass is 572 g/mol. The van der Waals surface area contributed by atoms with Gasteiger partial charge in [-0.1, -0.05) is 71.4 Å². The molecule has 10 heteroatoms. The van der Waals surface area contributed by atoms with Gasteiger partial charge in [-0.15, -0.1) is 0 Å². The zero-order valence-electron chi connectivity index (χ0n) is 19.9. The summed E-state index contributed by atoms with van der Waals surface area (Å²) in [7, 11) is 0. The number of nitrogens with zero attached hydrogens (tertiary/aromatic N) is 1. The van der Waals surface area contributed by atoms with Crippen molar-refractivity contribution >= 4 is 80.8 Å². The normalized spacial score (nSPS) is 14.3. The van der Waals surface area contributed by atoms with E-state index in [-0.39, 0.29) is 18.4 Å². The molecule has 0 bridgehead atoms. The molecule has 37 heavy (non-hydrogen) atoms. The maximum Gasteiger partial charge on any atom is 0.270 e. The summed E-state index contributed by atoms with van der Waals surface area (Å²) in [5, 5.41) is 3.63. The third-order valence-corrected chi connectivity index (χ3v) is 7.13. The molecule has 1 N–H and O–H groups in total. The maximum atomic E-state index is 13.1. The molecular formula is C27H22Cl2N2O4S2. The van der Waals surface area contributed by atoms with E-state index in [0.717, 1.165) is 11.3 Å². The van der Waals surface area contributed by atoms with Crippen molar-refractivity contribution < 1.29 is 19.1 Å². The standard InChI is InChI=1S/C27H22Cl2N2O4S2/c1-3-34-23-12-17(8-11-22(23)35-15-25(32)30-20-7-5-4-6-16(20)2)13-24-26(33)31(27(36)37-24)21-10-9-18(28)14-19(21)29/h4-14H,3,15H2,1-2H3,(H,30,32)/b24-13+. The fourth-order valence-corrected chi connectivity index (χ4v) is 5.31. The fraction of sp³-hybridized carbons (Fsp3) is 0.148. The number of ether oxygens (including phenoxy) is 2. The topological polar surface area (TPSA) is 67.9 Å². The molecule has 0 aromatic heterocycles. The Morgan fingerprint density at radius 1 is 1.08 bits per heavy atom. The second kappa shape index (κ2) is 12.0. The number of halogens is 2. The minimum atomic E-state index is -0.287. The average molecular weight is 574 g/mol. The fourth-order valence-electron chi connectivity index (χ4n) is 3.53. The Morgan fingerprint density at radius 2 is 1.86 bits per heavy atom. The Labute approximate surface area is 234 Å². The van der Waals surface area contributed by atoms with Crippen molar-refractivity contribution in [2.24, 2.45) is 0 Å². The van der Waals surface area contributed by atoms with Crippen molar-refractivity contribution in [2.45, 2.75) is 13.8 Å². The van der Waals surface area contributed by atoms with Crippen LogP contribution in [-0.4, -0.2) is 29.3 Å². The predicted octanol–water partition coefficient (Wildman–Crippen LogP) is 7.12. The summed E-state index contributed by atoms with van der Waals surface area (Å²) >= 11 is 18.9. The van der Waals surface area contributed by atoms with Gasteiger partial charge in [0.1, 0.15) is 0 Å². The van der Waals surface area contributed by atoms with Gasteiger partial charge in [-0.3, -0.25) is 14.5 Å². The highest BCUT2D eigenvalue weighted by atomic mass is 35.5. The van der Waals surface area contributed by atoms with E-state index < -0.39 is 0 Å². The molecule has 0 radical (unpaired) electrons. The molecule has 0 spiro atoms. The number of amides is 2. The van der Waals surface area contributed by atoms with Crippen molar-refractivity contribution in [3.05, 3.63) is 86.7 Å². The van der Waals surface area contributed by atoms with Gasteiger partial charge >= 0.3 is 0 Å². The zero-order valence-corrected chi connectivity index (χ0v) is 23.1. The molecular weight excluding hydrogens is 551 g/mol. The third kappa shape index (κ3) is 6.45. The first-order valence-electron chi connectivity index (χ1n) is 11.2. The second-order valence-corrected chi connectivity index (χ2v) is 10.4. The molecule has 6 nitrogen and oxygen atoms in total. The molecule has 0 atom stereocenters. The second-order valence-electron chi connectivity index (χ2n) is 7.90. The van der Waals surface area contributed by atoms with Crippen LogP contribution in [0.25, 0.3) is 6.08 Å². The number of para-hydroxylation sites is 1. The van der Waals surface area contributed by atoms with Crippen LogP contribution in [0.15, 0.2) is 65.6 Å². The van der Waals surface area contributed by atoms with Crippen LogP contribution in [0.2, 0.25) is 10.0 Å². The molecule has 0 aliphatic carbocycles. The smallest absolute Gasteiger partial charge is 0.270 e. The summed E-state index contributed by atoms with van der Waals surface area (Å²) in [5.41, 5.74) is 2.87.